The summed E-state index contributed by atoms with van der Waals surface area (Å²) in [5, 5.41) is 13.1. The molecule has 1 aromatic rings. The molecule has 0 bridgehead atoms. The highest BCUT2D eigenvalue weighted by Crippen LogP contribution is 2.04. The predicted molar refractivity (Wildman–Crippen MR) is 45.7 cm³/mol. The standard InChI is InChI=1S/C6H6N4O2S/c7-3-5-1-2-6(9-4-5)10-13(8,11)12/h1-2,4H,(H,9,10)(H2,8,11,12). The fraction of sp³-hybridized carbons (Fsp3) is 0. The number of hydrogen-bond donors (Lipinski definition) is 2. The molecule has 7 heteroatoms. The Balaban J connectivity index is 2.89. The second-order valence-corrected chi connectivity index (χ2v) is 3.49. The Morgan fingerprint density at radius 3 is 2.62 bits per heavy atom. The first-order chi connectivity index (χ1) is 6.01. The van der Waals surface area contributed by atoms with Crippen molar-refractivity contribution in [1.29, 1.82) is 5.26 Å². The molecule has 1 heterocycles. The van der Waals surface area contributed by atoms with Crippen molar-refractivity contribution in [3.8, 4) is 6.07 Å². The van der Waals surface area contributed by atoms with Gasteiger partial charge >= 0.3 is 0 Å². The Labute approximate surface area is 75.2 Å². The SMILES string of the molecule is N#Cc1ccc(NS(N)(=O)=O)nc1. The summed E-state index contributed by atoms with van der Waals surface area (Å²) in [7, 11) is -3.79. The van der Waals surface area contributed by atoms with Crippen LogP contribution in [0, 0.1) is 11.3 Å². The summed E-state index contributed by atoms with van der Waals surface area (Å²) in [5.74, 6) is 0.0847. The number of anilines is 1. The average Bonchev–Trinajstić information content (AvgIpc) is 2.03. The van der Waals surface area contributed by atoms with E-state index in [2.05, 4.69) is 4.98 Å². The molecule has 68 valence electrons. The van der Waals surface area contributed by atoms with E-state index in [1.807, 2.05) is 10.8 Å². The molecule has 1 rings (SSSR count). The van der Waals surface area contributed by atoms with Gasteiger partial charge < -0.3 is 0 Å². The van der Waals surface area contributed by atoms with Gasteiger partial charge in [-0.05, 0) is 12.1 Å². The van der Waals surface area contributed by atoms with Gasteiger partial charge in [0.2, 0.25) is 0 Å². The van der Waals surface area contributed by atoms with Gasteiger partial charge in [-0.25, -0.2) is 10.1 Å². The van der Waals surface area contributed by atoms with E-state index in [1.54, 1.807) is 0 Å². The number of nitrogens with one attached hydrogen (secondary N) is 1. The van der Waals surface area contributed by atoms with Crippen LogP contribution in [0.15, 0.2) is 18.3 Å². The molecule has 6 nitrogen and oxygen atoms in total. The zero-order chi connectivity index (χ0) is 9.90. The normalized spacial score (nSPS) is 10.5. The minimum absolute atomic E-state index is 0.0847. The van der Waals surface area contributed by atoms with Crippen LogP contribution in [-0.2, 0) is 10.2 Å². The fourth-order valence-electron chi connectivity index (χ4n) is 0.666. The topological polar surface area (TPSA) is 109 Å². The molecule has 1 aromatic heterocycles. The molecule has 0 spiro atoms. The van der Waals surface area contributed by atoms with Crippen molar-refractivity contribution in [3.05, 3.63) is 23.9 Å². The Hall–Kier alpha value is -1.65. The first-order valence-corrected chi connectivity index (χ1v) is 4.72. The van der Waals surface area contributed by atoms with Gasteiger partial charge in [0.05, 0.1) is 5.56 Å². The summed E-state index contributed by atoms with van der Waals surface area (Å²) in [6.45, 7) is 0. The van der Waals surface area contributed by atoms with Crippen molar-refractivity contribution < 1.29 is 8.42 Å². The lowest BCUT2D eigenvalue weighted by Gasteiger charge is -2.00. The lowest BCUT2D eigenvalue weighted by atomic mass is 10.3. The van der Waals surface area contributed by atoms with E-state index in [0.717, 1.165) is 0 Å². The molecule has 0 unspecified atom stereocenters. The number of nitriles is 1. The zero-order valence-electron chi connectivity index (χ0n) is 6.43. The number of aromatic nitrogens is 1. The number of nitrogens with zero attached hydrogens (tertiary/aromatic N) is 2. The number of pyridine rings is 1. The largest absolute Gasteiger partial charge is 0.297 e. The quantitative estimate of drug-likeness (QED) is 0.671. The van der Waals surface area contributed by atoms with Crippen molar-refractivity contribution in [2.45, 2.75) is 0 Å². The summed E-state index contributed by atoms with van der Waals surface area (Å²) in [6.07, 6.45) is 1.24. The highest BCUT2D eigenvalue weighted by molar-refractivity contribution is 7.90. The van der Waals surface area contributed by atoms with E-state index in [1.165, 1.54) is 18.3 Å². The Morgan fingerprint density at radius 2 is 2.23 bits per heavy atom. The third-order valence-electron chi connectivity index (χ3n) is 1.14. The lowest BCUT2D eigenvalue weighted by Crippen LogP contribution is -2.22. The molecule has 0 atom stereocenters. The molecule has 0 amide bonds. The second kappa shape index (κ2) is 3.38. The molecular formula is C6H6N4O2S. The molecule has 3 N–H and O–H groups in total. The van der Waals surface area contributed by atoms with Gasteiger partial charge in [-0.2, -0.15) is 13.7 Å². The summed E-state index contributed by atoms with van der Waals surface area (Å²) < 4.78 is 23.0. The molecule has 0 aromatic carbocycles. The Morgan fingerprint density at radius 1 is 1.54 bits per heavy atom. The van der Waals surface area contributed by atoms with Crippen LogP contribution in [0.5, 0.6) is 0 Å². The van der Waals surface area contributed by atoms with Crippen molar-refractivity contribution in [3.63, 3.8) is 0 Å². The molecule has 0 aliphatic carbocycles. The van der Waals surface area contributed by atoms with Crippen LogP contribution in [0.25, 0.3) is 0 Å². The number of nitrogens with two attached hydrogens (primary N) is 1. The van der Waals surface area contributed by atoms with Gasteiger partial charge in [0.1, 0.15) is 11.9 Å². The van der Waals surface area contributed by atoms with Crippen LogP contribution in [0.4, 0.5) is 5.82 Å². The lowest BCUT2D eigenvalue weighted by molar-refractivity contribution is 0.602. The van der Waals surface area contributed by atoms with E-state index in [-0.39, 0.29) is 5.82 Å². The number of rotatable bonds is 2. The maximum absolute atomic E-state index is 10.5. The van der Waals surface area contributed by atoms with E-state index in [4.69, 9.17) is 10.4 Å². The molecule has 0 radical (unpaired) electrons. The predicted octanol–water partition coefficient (Wildman–Crippen LogP) is -0.431. The summed E-state index contributed by atoms with van der Waals surface area (Å²) in [4.78, 5) is 3.64. The van der Waals surface area contributed by atoms with Crippen molar-refractivity contribution in [2.75, 3.05) is 4.72 Å². The van der Waals surface area contributed by atoms with Gasteiger partial charge in [-0.1, -0.05) is 0 Å². The van der Waals surface area contributed by atoms with Crippen molar-refractivity contribution in [1.82, 2.24) is 4.98 Å². The Kier molecular flexibility index (Phi) is 2.46. The zero-order valence-corrected chi connectivity index (χ0v) is 7.25. The van der Waals surface area contributed by atoms with Gasteiger partial charge in [0.15, 0.2) is 0 Å². The van der Waals surface area contributed by atoms with E-state index >= 15 is 0 Å². The van der Waals surface area contributed by atoms with E-state index in [0.29, 0.717) is 5.56 Å². The van der Waals surface area contributed by atoms with Crippen LogP contribution in [0.1, 0.15) is 5.56 Å². The third kappa shape index (κ3) is 3.06. The van der Waals surface area contributed by atoms with Gasteiger partial charge in [-0.15, -0.1) is 0 Å². The minimum Gasteiger partial charge on any atom is -0.255 e. The van der Waals surface area contributed by atoms with Gasteiger partial charge in [0, 0.05) is 6.20 Å². The minimum atomic E-state index is -3.79. The van der Waals surface area contributed by atoms with Crippen molar-refractivity contribution in [2.24, 2.45) is 5.14 Å². The van der Waals surface area contributed by atoms with Gasteiger partial charge in [-0.3, -0.25) is 4.72 Å². The fourth-order valence-corrected chi connectivity index (χ4v) is 1.08. The van der Waals surface area contributed by atoms with Crippen LogP contribution in [-0.4, -0.2) is 13.4 Å². The maximum Gasteiger partial charge on any atom is 0.297 e. The van der Waals surface area contributed by atoms with E-state index in [9.17, 15) is 8.42 Å². The van der Waals surface area contributed by atoms with Crippen LogP contribution in [0.2, 0.25) is 0 Å². The smallest absolute Gasteiger partial charge is 0.255 e. The van der Waals surface area contributed by atoms with Crippen molar-refractivity contribution >= 4 is 16.0 Å². The molecule has 13 heavy (non-hydrogen) atoms. The highest BCUT2D eigenvalue weighted by atomic mass is 32.2. The highest BCUT2D eigenvalue weighted by Gasteiger charge is 2.02. The van der Waals surface area contributed by atoms with Crippen LogP contribution < -0.4 is 9.86 Å². The second-order valence-electron chi connectivity index (χ2n) is 2.19. The van der Waals surface area contributed by atoms with E-state index < -0.39 is 10.2 Å². The first-order valence-electron chi connectivity index (χ1n) is 3.18. The molecular weight excluding hydrogens is 192 g/mol. The molecule has 0 fully saturated rings. The number of hydrogen-bond acceptors (Lipinski definition) is 4. The summed E-state index contributed by atoms with van der Waals surface area (Å²) in [6, 6.07) is 4.63. The van der Waals surface area contributed by atoms with Crippen LogP contribution >= 0.6 is 0 Å². The Bertz CT molecular complexity index is 431. The summed E-state index contributed by atoms with van der Waals surface area (Å²) in [5.41, 5.74) is 0.347. The average molecular weight is 198 g/mol. The maximum atomic E-state index is 10.5. The molecule has 0 aliphatic rings. The third-order valence-corrected chi connectivity index (χ3v) is 1.63. The monoisotopic (exact) mass is 198 g/mol. The first kappa shape index (κ1) is 9.44. The molecule has 0 saturated carbocycles. The van der Waals surface area contributed by atoms with Gasteiger partial charge in [0.25, 0.3) is 10.2 Å². The summed E-state index contributed by atoms with van der Waals surface area (Å²) >= 11 is 0. The van der Waals surface area contributed by atoms with Crippen LogP contribution in [0.3, 0.4) is 0 Å². The molecule has 0 aliphatic heterocycles. The molecule has 0 saturated heterocycles.